The van der Waals surface area contributed by atoms with E-state index in [-0.39, 0.29) is 12.5 Å². The van der Waals surface area contributed by atoms with Crippen molar-refractivity contribution >= 4 is 5.91 Å². The Bertz CT molecular complexity index is 651. The molecule has 0 aliphatic rings. The van der Waals surface area contributed by atoms with E-state index >= 15 is 0 Å². The molecule has 0 bridgehead atoms. The van der Waals surface area contributed by atoms with Crippen molar-refractivity contribution < 1.29 is 14.6 Å². The molecular formula is C18H22N2O3. The lowest BCUT2D eigenvalue weighted by molar-refractivity contribution is 0.0311. The fourth-order valence-corrected chi connectivity index (χ4v) is 2.17. The third kappa shape index (κ3) is 5.07. The van der Waals surface area contributed by atoms with Gasteiger partial charge in [-0.15, -0.1) is 0 Å². The molecule has 0 atom stereocenters. The third-order valence-corrected chi connectivity index (χ3v) is 3.18. The van der Waals surface area contributed by atoms with E-state index in [0.717, 1.165) is 0 Å². The molecule has 1 aromatic carbocycles. The van der Waals surface area contributed by atoms with Gasteiger partial charge in [0.15, 0.2) is 0 Å². The number of rotatable bonds is 6. The molecular weight excluding hydrogens is 292 g/mol. The molecule has 2 rings (SSSR count). The number of hydrogen-bond acceptors (Lipinski definition) is 4. The highest BCUT2D eigenvalue weighted by Crippen LogP contribution is 2.21. The lowest BCUT2D eigenvalue weighted by Gasteiger charge is -2.27. The molecule has 0 aliphatic carbocycles. The number of nitrogens with zero attached hydrogens (tertiary/aromatic N) is 2. The van der Waals surface area contributed by atoms with Gasteiger partial charge in [-0.05, 0) is 39.0 Å². The molecule has 0 aliphatic heterocycles. The van der Waals surface area contributed by atoms with E-state index in [1.807, 2.05) is 37.3 Å². The summed E-state index contributed by atoms with van der Waals surface area (Å²) in [4.78, 5) is 18.2. The number of likely N-dealkylation sites (N-methyl/N-ethyl adjacent to an activating group) is 1. The fraction of sp³-hybridized carbons (Fsp3) is 0.333. The Morgan fingerprint density at radius 1 is 1.22 bits per heavy atom. The van der Waals surface area contributed by atoms with Crippen LogP contribution < -0.4 is 4.74 Å². The third-order valence-electron chi connectivity index (χ3n) is 3.18. The smallest absolute Gasteiger partial charge is 0.272 e. The van der Waals surface area contributed by atoms with Crippen molar-refractivity contribution in [3.63, 3.8) is 0 Å². The van der Waals surface area contributed by atoms with Crippen LogP contribution in [0.2, 0.25) is 0 Å². The number of carbonyl (C=O) groups is 1. The number of amides is 1. The van der Waals surface area contributed by atoms with Crippen molar-refractivity contribution in [1.29, 1.82) is 0 Å². The number of ether oxygens (including phenoxy) is 1. The summed E-state index contributed by atoms with van der Waals surface area (Å²) in [5, 5.41) is 9.93. The summed E-state index contributed by atoms with van der Waals surface area (Å²) < 4.78 is 5.72. The summed E-state index contributed by atoms with van der Waals surface area (Å²) in [5.41, 5.74) is -0.659. The zero-order valence-electron chi connectivity index (χ0n) is 13.7. The van der Waals surface area contributed by atoms with E-state index < -0.39 is 5.60 Å². The number of para-hydroxylation sites is 1. The zero-order chi connectivity index (χ0) is 16.9. The second-order valence-corrected chi connectivity index (χ2v) is 5.92. The van der Waals surface area contributed by atoms with E-state index in [1.165, 1.54) is 0 Å². The van der Waals surface area contributed by atoms with Gasteiger partial charge in [0.1, 0.15) is 17.2 Å². The van der Waals surface area contributed by atoms with Crippen LogP contribution in [0.15, 0.2) is 48.7 Å². The number of benzene rings is 1. The Hall–Kier alpha value is -2.40. The summed E-state index contributed by atoms with van der Waals surface area (Å²) >= 11 is 0. The van der Waals surface area contributed by atoms with Crippen molar-refractivity contribution in [2.75, 3.05) is 13.1 Å². The first-order chi connectivity index (χ1) is 10.9. The molecule has 0 spiro atoms. The summed E-state index contributed by atoms with van der Waals surface area (Å²) in [6.07, 6.45) is 1.55. The van der Waals surface area contributed by atoms with Gasteiger partial charge >= 0.3 is 0 Å². The maximum absolute atomic E-state index is 12.6. The van der Waals surface area contributed by atoms with Crippen LogP contribution >= 0.6 is 0 Å². The van der Waals surface area contributed by atoms with Gasteiger partial charge < -0.3 is 14.7 Å². The predicted molar refractivity (Wildman–Crippen MR) is 88.6 cm³/mol. The van der Waals surface area contributed by atoms with Crippen LogP contribution in [0.1, 0.15) is 31.3 Å². The second-order valence-electron chi connectivity index (χ2n) is 5.92. The average Bonchev–Trinajstić information content (AvgIpc) is 2.52. The lowest BCUT2D eigenvalue weighted by atomic mass is 10.1. The van der Waals surface area contributed by atoms with Gasteiger partial charge in [-0.25, -0.2) is 0 Å². The molecule has 122 valence electrons. The molecule has 0 unspecified atom stereocenters. The summed E-state index contributed by atoms with van der Waals surface area (Å²) in [7, 11) is 0. The fourth-order valence-electron chi connectivity index (χ4n) is 2.17. The van der Waals surface area contributed by atoms with Gasteiger partial charge in [-0.2, -0.15) is 0 Å². The molecule has 0 saturated heterocycles. The second kappa shape index (κ2) is 7.24. The van der Waals surface area contributed by atoms with Crippen LogP contribution in [0.25, 0.3) is 0 Å². The predicted octanol–water partition coefficient (Wildman–Crippen LogP) is 3.11. The number of aromatic nitrogens is 1. The minimum atomic E-state index is -0.955. The van der Waals surface area contributed by atoms with Crippen molar-refractivity contribution in [1.82, 2.24) is 9.88 Å². The normalized spacial score (nSPS) is 11.1. The zero-order valence-corrected chi connectivity index (χ0v) is 13.7. The number of hydrogen-bond donors (Lipinski definition) is 1. The SMILES string of the molecule is CCN(CC(C)(C)O)C(=O)c1cc(Oc2ccccc2)ccn1. The number of aliphatic hydroxyl groups is 1. The number of pyridine rings is 1. The largest absolute Gasteiger partial charge is 0.457 e. The first-order valence-corrected chi connectivity index (χ1v) is 7.59. The quantitative estimate of drug-likeness (QED) is 0.890. The van der Waals surface area contributed by atoms with Crippen molar-refractivity contribution in [3.05, 3.63) is 54.4 Å². The maximum Gasteiger partial charge on any atom is 0.272 e. The van der Waals surface area contributed by atoms with Crippen LogP contribution in [-0.4, -0.2) is 39.6 Å². The van der Waals surface area contributed by atoms with E-state index in [0.29, 0.717) is 23.7 Å². The molecule has 1 heterocycles. The van der Waals surface area contributed by atoms with Gasteiger partial charge in [0.2, 0.25) is 0 Å². The van der Waals surface area contributed by atoms with Gasteiger partial charge in [0, 0.05) is 25.4 Å². The average molecular weight is 314 g/mol. The van der Waals surface area contributed by atoms with Gasteiger partial charge in [0.05, 0.1) is 5.60 Å². The minimum absolute atomic E-state index is 0.229. The lowest BCUT2D eigenvalue weighted by Crippen LogP contribution is -2.42. The Morgan fingerprint density at radius 3 is 2.52 bits per heavy atom. The van der Waals surface area contributed by atoms with E-state index in [4.69, 9.17) is 4.74 Å². The number of carbonyl (C=O) groups excluding carboxylic acids is 1. The monoisotopic (exact) mass is 314 g/mol. The maximum atomic E-state index is 12.6. The van der Waals surface area contributed by atoms with Gasteiger partial charge in [0.25, 0.3) is 5.91 Å². The molecule has 0 saturated carbocycles. The van der Waals surface area contributed by atoms with Crippen LogP contribution in [0.3, 0.4) is 0 Å². The molecule has 1 aromatic heterocycles. The summed E-state index contributed by atoms with van der Waals surface area (Å²) in [6.45, 7) is 5.95. The van der Waals surface area contributed by atoms with E-state index in [1.54, 1.807) is 37.1 Å². The van der Waals surface area contributed by atoms with Crippen molar-refractivity contribution in [2.24, 2.45) is 0 Å². The van der Waals surface area contributed by atoms with Crippen LogP contribution in [0.4, 0.5) is 0 Å². The Balaban J connectivity index is 2.16. The highest BCUT2D eigenvalue weighted by Gasteiger charge is 2.23. The van der Waals surface area contributed by atoms with Crippen LogP contribution in [0.5, 0.6) is 11.5 Å². The first-order valence-electron chi connectivity index (χ1n) is 7.59. The molecule has 1 N–H and O–H groups in total. The molecule has 2 aromatic rings. The topological polar surface area (TPSA) is 62.7 Å². The van der Waals surface area contributed by atoms with Crippen molar-refractivity contribution in [3.8, 4) is 11.5 Å². The molecule has 5 nitrogen and oxygen atoms in total. The Morgan fingerprint density at radius 2 is 1.91 bits per heavy atom. The standard InChI is InChI=1S/C18H22N2O3/c1-4-20(13-18(2,3)22)17(21)16-12-15(10-11-19-16)23-14-8-6-5-7-9-14/h5-12,22H,4,13H2,1-3H3. The summed E-state index contributed by atoms with van der Waals surface area (Å²) in [6, 6.07) is 12.7. The van der Waals surface area contributed by atoms with E-state index in [2.05, 4.69) is 4.98 Å². The highest BCUT2D eigenvalue weighted by molar-refractivity contribution is 5.92. The van der Waals surface area contributed by atoms with Crippen LogP contribution in [0, 0.1) is 0 Å². The molecule has 23 heavy (non-hydrogen) atoms. The highest BCUT2D eigenvalue weighted by atomic mass is 16.5. The van der Waals surface area contributed by atoms with Gasteiger partial charge in [-0.3, -0.25) is 9.78 Å². The van der Waals surface area contributed by atoms with Crippen molar-refractivity contribution in [2.45, 2.75) is 26.4 Å². The Kier molecular flexibility index (Phi) is 5.34. The summed E-state index contributed by atoms with van der Waals surface area (Å²) in [5.74, 6) is 1.02. The van der Waals surface area contributed by atoms with Gasteiger partial charge in [-0.1, -0.05) is 18.2 Å². The minimum Gasteiger partial charge on any atom is -0.457 e. The molecule has 1 amide bonds. The molecule has 0 fully saturated rings. The first kappa shape index (κ1) is 17.0. The molecule has 0 radical (unpaired) electrons. The van der Waals surface area contributed by atoms with E-state index in [9.17, 15) is 9.90 Å². The Labute approximate surface area is 136 Å². The van der Waals surface area contributed by atoms with Crippen LogP contribution in [-0.2, 0) is 0 Å². The molecule has 5 heteroatoms.